The van der Waals surface area contributed by atoms with Crippen LogP contribution in [-0.4, -0.2) is 21.4 Å². The zero-order chi connectivity index (χ0) is 19.7. The number of benzene rings is 2. The van der Waals surface area contributed by atoms with Crippen molar-refractivity contribution in [3.05, 3.63) is 71.4 Å². The Hall–Kier alpha value is -3.12. The van der Waals surface area contributed by atoms with E-state index >= 15 is 0 Å². The average Bonchev–Trinajstić information content (AvgIpc) is 3.23. The first-order chi connectivity index (χ1) is 13.5. The van der Waals surface area contributed by atoms with Gasteiger partial charge in [0.25, 0.3) is 5.91 Å². The zero-order valence-electron chi connectivity index (χ0n) is 16.0. The second kappa shape index (κ2) is 7.48. The van der Waals surface area contributed by atoms with Gasteiger partial charge in [0.05, 0.1) is 5.69 Å². The van der Waals surface area contributed by atoms with Crippen LogP contribution in [0.4, 0.5) is 5.69 Å². The smallest absolute Gasteiger partial charge is 0.265 e. The monoisotopic (exact) mass is 391 g/mol. The molecule has 0 fully saturated rings. The van der Waals surface area contributed by atoms with Gasteiger partial charge in [0.1, 0.15) is 5.75 Å². The number of rotatable bonds is 5. The van der Waals surface area contributed by atoms with Crippen LogP contribution in [0.25, 0.3) is 16.2 Å². The molecule has 0 radical (unpaired) electrons. The highest BCUT2D eigenvalue weighted by molar-refractivity contribution is 7.15. The molecule has 4 rings (SSSR count). The highest BCUT2D eigenvalue weighted by Gasteiger charge is 2.15. The van der Waals surface area contributed by atoms with Crippen LogP contribution in [0, 0.1) is 13.8 Å². The third-order valence-corrected chi connectivity index (χ3v) is 5.19. The molecule has 0 saturated heterocycles. The minimum absolute atomic E-state index is 0.186. The number of carbonyl (C=O) groups is 1. The molecular formula is C22H21N3O2S. The molecule has 0 spiro atoms. The summed E-state index contributed by atoms with van der Waals surface area (Å²) in [6.45, 7) is 5.77. The third kappa shape index (κ3) is 3.92. The second-order valence-corrected chi connectivity index (χ2v) is 7.74. The maximum atomic E-state index is 12.5. The number of imidazole rings is 1. The minimum Gasteiger partial charge on any atom is -0.481 e. The number of hydrogen-bond donors (Lipinski definition) is 1. The number of carbonyl (C=O) groups excluding carboxylic acids is 1. The number of amides is 1. The Morgan fingerprint density at radius 3 is 2.54 bits per heavy atom. The molecule has 1 N–H and O–H groups in total. The van der Waals surface area contributed by atoms with Crippen molar-refractivity contribution in [2.45, 2.75) is 26.9 Å². The van der Waals surface area contributed by atoms with E-state index in [1.165, 1.54) is 0 Å². The maximum Gasteiger partial charge on any atom is 0.265 e. The van der Waals surface area contributed by atoms with Crippen LogP contribution < -0.4 is 10.1 Å². The first-order valence-electron chi connectivity index (χ1n) is 9.06. The van der Waals surface area contributed by atoms with Gasteiger partial charge < -0.3 is 10.1 Å². The largest absolute Gasteiger partial charge is 0.481 e. The summed E-state index contributed by atoms with van der Waals surface area (Å²) >= 11 is 1.60. The second-order valence-electron chi connectivity index (χ2n) is 6.87. The van der Waals surface area contributed by atoms with E-state index in [9.17, 15) is 4.79 Å². The number of ether oxygens (including phenoxy) is 1. The van der Waals surface area contributed by atoms with Crippen LogP contribution >= 0.6 is 11.3 Å². The molecule has 1 unspecified atom stereocenters. The highest BCUT2D eigenvalue weighted by atomic mass is 32.1. The Bertz CT molecular complexity index is 1080. The van der Waals surface area contributed by atoms with Crippen molar-refractivity contribution in [2.75, 3.05) is 5.32 Å². The Kier molecular flexibility index (Phi) is 4.88. The van der Waals surface area contributed by atoms with Crippen molar-refractivity contribution in [3.8, 4) is 17.0 Å². The van der Waals surface area contributed by atoms with Gasteiger partial charge in [0, 0.05) is 29.0 Å². The van der Waals surface area contributed by atoms with E-state index in [1.807, 2.05) is 72.4 Å². The van der Waals surface area contributed by atoms with Crippen LogP contribution in [0.2, 0.25) is 0 Å². The average molecular weight is 391 g/mol. The van der Waals surface area contributed by atoms with Gasteiger partial charge in [0.2, 0.25) is 0 Å². The summed E-state index contributed by atoms with van der Waals surface area (Å²) in [6, 6.07) is 13.6. The van der Waals surface area contributed by atoms with Crippen LogP contribution in [0.1, 0.15) is 18.1 Å². The van der Waals surface area contributed by atoms with Crippen molar-refractivity contribution in [1.82, 2.24) is 9.38 Å². The summed E-state index contributed by atoms with van der Waals surface area (Å²) in [5.41, 5.74) is 4.87. The molecule has 4 aromatic rings. The topological polar surface area (TPSA) is 55.6 Å². The molecule has 2 heterocycles. The molecule has 0 aliphatic heterocycles. The van der Waals surface area contributed by atoms with Crippen molar-refractivity contribution < 1.29 is 9.53 Å². The molecule has 1 amide bonds. The Morgan fingerprint density at radius 2 is 1.86 bits per heavy atom. The summed E-state index contributed by atoms with van der Waals surface area (Å²) < 4.78 is 7.81. The third-order valence-electron chi connectivity index (χ3n) is 4.42. The summed E-state index contributed by atoms with van der Waals surface area (Å²) in [4.78, 5) is 18.0. The summed E-state index contributed by atoms with van der Waals surface area (Å²) in [5.74, 6) is 0.518. The van der Waals surface area contributed by atoms with Crippen LogP contribution in [0.3, 0.4) is 0 Å². The van der Waals surface area contributed by atoms with Gasteiger partial charge in [-0.25, -0.2) is 4.98 Å². The van der Waals surface area contributed by atoms with Gasteiger partial charge in [-0.15, -0.1) is 11.3 Å². The zero-order valence-corrected chi connectivity index (χ0v) is 16.8. The summed E-state index contributed by atoms with van der Waals surface area (Å²) in [5, 5.41) is 4.91. The molecular weight excluding hydrogens is 370 g/mol. The number of aryl methyl sites for hydroxylation is 2. The predicted octanol–water partition coefficient (Wildman–Crippen LogP) is 5.09. The Morgan fingerprint density at radius 1 is 1.14 bits per heavy atom. The molecule has 6 heteroatoms. The van der Waals surface area contributed by atoms with E-state index in [0.717, 1.165) is 33.0 Å². The lowest BCUT2D eigenvalue weighted by Gasteiger charge is -2.16. The number of thiazole rings is 1. The maximum absolute atomic E-state index is 12.5. The quantitative estimate of drug-likeness (QED) is 0.516. The van der Waals surface area contributed by atoms with E-state index in [4.69, 9.17) is 4.74 Å². The fourth-order valence-corrected chi connectivity index (χ4v) is 3.79. The van der Waals surface area contributed by atoms with Gasteiger partial charge in [-0.05, 0) is 56.2 Å². The van der Waals surface area contributed by atoms with Crippen LogP contribution in [0.15, 0.2) is 60.2 Å². The normalized spacial score (nSPS) is 12.1. The predicted molar refractivity (Wildman–Crippen MR) is 113 cm³/mol. The van der Waals surface area contributed by atoms with Crippen molar-refractivity contribution in [2.24, 2.45) is 0 Å². The number of hydrogen-bond acceptors (Lipinski definition) is 4. The van der Waals surface area contributed by atoms with Crippen molar-refractivity contribution >= 4 is 27.9 Å². The number of aromatic nitrogens is 2. The fourth-order valence-electron chi connectivity index (χ4n) is 3.09. The molecule has 0 aliphatic carbocycles. The molecule has 1 atom stereocenters. The lowest BCUT2D eigenvalue weighted by atomic mass is 10.1. The van der Waals surface area contributed by atoms with Crippen LogP contribution in [0.5, 0.6) is 5.75 Å². The number of anilines is 1. The molecule has 0 aliphatic rings. The van der Waals surface area contributed by atoms with Crippen LogP contribution in [-0.2, 0) is 4.79 Å². The Balaban J connectivity index is 1.41. The fraction of sp³-hybridized carbons (Fsp3) is 0.182. The van der Waals surface area contributed by atoms with Crippen molar-refractivity contribution in [3.63, 3.8) is 0 Å². The van der Waals surface area contributed by atoms with Gasteiger partial charge in [-0.2, -0.15) is 0 Å². The van der Waals surface area contributed by atoms with Gasteiger partial charge >= 0.3 is 0 Å². The molecule has 0 saturated carbocycles. The van der Waals surface area contributed by atoms with E-state index in [0.29, 0.717) is 5.75 Å². The minimum atomic E-state index is -0.596. The highest BCUT2D eigenvalue weighted by Crippen LogP contribution is 2.23. The molecule has 0 bridgehead atoms. The first kappa shape index (κ1) is 18.3. The molecule has 2 aromatic carbocycles. The standard InChI is InChI=1S/C22H21N3O2S/c1-14-10-15(2)12-19(11-14)27-16(3)21(26)23-18-6-4-17(5-7-18)20-13-25-8-9-28-22(25)24-20/h4-13,16H,1-3H3,(H,23,26). The number of nitrogens with zero attached hydrogens (tertiary/aromatic N) is 2. The van der Waals surface area contributed by atoms with E-state index in [2.05, 4.69) is 16.4 Å². The van der Waals surface area contributed by atoms with E-state index in [-0.39, 0.29) is 5.91 Å². The van der Waals surface area contributed by atoms with E-state index < -0.39 is 6.10 Å². The lowest BCUT2D eigenvalue weighted by Crippen LogP contribution is -2.30. The van der Waals surface area contributed by atoms with E-state index in [1.54, 1.807) is 18.3 Å². The van der Waals surface area contributed by atoms with Gasteiger partial charge in [-0.3, -0.25) is 9.20 Å². The summed E-state index contributed by atoms with van der Waals surface area (Å²) in [6.07, 6.45) is 3.39. The Labute approximate surface area is 167 Å². The molecule has 2 aromatic heterocycles. The summed E-state index contributed by atoms with van der Waals surface area (Å²) in [7, 11) is 0. The number of nitrogens with one attached hydrogen (secondary N) is 1. The van der Waals surface area contributed by atoms with Crippen molar-refractivity contribution in [1.29, 1.82) is 0 Å². The molecule has 142 valence electrons. The molecule has 5 nitrogen and oxygen atoms in total. The first-order valence-corrected chi connectivity index (χ1v) is 9.94. The van der Waals surface area contributed by atoms with Gasteiger partial charge in [0.15, 0.2) is 11.1 Å². The molecule has 28 heavy (non-hydrogen) atoms. The number of fused-ring (bicyclic) bond motifs is 1. The lowest BCUT2D eigenvalue weighted by molar-refractivity contribution is -0.122. The van der Waals surface area contributed by atoms with Gasteiger partial charge in [-0.1, -0.05) is 18.2 Å². The SMILES string of the molecule is Cc1cc(C)cc(OC(C)C(=O)Nc2ccc(-c3cn4ccsc4n3)cc2)c1.